The molecule has 1 aliphatic carbocycles. The zero-order valence-electron chi connectivity index (χ0n) is 14.4. The summed E-state index contributed by atoms with van der Waals surface area (Å²) in [7, 11) is 0. The minimum Gasteiger partial charge on any atom is -0.394 e. The molecular formula is C18H19N5O4. The first kappa shape index (κ1) is 17.2. The number of rotatable bonds is 6. The molecule has 2 aliphatic rings. The first-order valence-electron chi connectivity index (χ1n) is 8.74. The number of aromatic nitrogens is 2. The number of H-pyrrole nitrogens is 1. The van der Waals surface area contributed by atoms with Gasteiger partial charge in [0.05, 0.1) is 17.7 Å². The second-order valence-electron chi connectivity index (χ2n) is 6.73. The van der Waals surface area contributed by atoms with Crippen LogP contribution in [-0.4, -0.2) is 51.0 Å². The second kappa shape index (κ2) is 6.84. The minimum atomic E-state index is -0.688. The van der Waals surface area contributed by atoms with Gasteiger partial charge in [0.25, 0.3) is 11.8 Å². The van der Waals surface area contributed by atoms with Gasteiger partial charge in [-0.25, -0.2) is 9.78 Å². The molecule has 27 heavy (non-hydrogen) atoms. The van der Waals surface area contributed by atoms with Gasteiger partial charge in [0.1, 0.15) is 11.9 Å². The molecule has 140 valence electrons. The smallest absolute Gasteiger partial charge is 0.319 e. The Kier molecular flexibility index (Phi) is 4.36. The highest BCUT2D eigenvalue weighted by atomic mass is 16.3. The molecule has 0 saturated heterocycles. The van der Waals surface area contributed by atoms with Gasteiger partial charge in [0.2, 0.25) is 0 Å². The van der Waals surface area contributed by atoms with Crippen LogP contribution in [-0.2, 0) is 0 Å². The maximum absolute atomic E-state index is 12.5. The third-order valence-corrected chi connectivity index (χ3v) is 4.70. The number of urea groups is 1. The van der Waals surface area contributed by atoms with Gasteiger partial charge in [-0.1, -0.05) is 0 Å². The predicted molar refractivity (Wildman–Crippen MR) is 95.1 cm³/mol. The van der Waals surface area contributed by atoms with Crippen LogP contribution in [0.5, 0.6) is 0 Å². The van der Waals surface area contributed by atoms with Crippen LogP contribution in [0.25, 0.3) is 0 Å². The van der Waals surface area contributed by atoms with Crippen LogP contribution in [0.4, 0.5) is 10.5 Å². The molecule has 0 spiro atoms. The summed E-state index contributed by atoms with van der Waals surface area (Å²) >= 11 is 0. The third kappa shape index (κ3) is 3.41. The van der Waals surface area contributed by atoms with Crippen molar-refractivity contribution in [1.82, 2.24) is 20.2 Å². The van der Waals surface area contributed by atoms with Crippen LogP contribution in [0.2, 0.25) is 0 Å². The van der Waals surface area contributed by atoms with Gasteiger partial charge in [0.15, 0.2) is 0 Å². The molecule has 4 N–H and O–H groups in total. The number of carbonyl (C=O) groups excluding carboxylic acids is 3. The van der Waals surface area contributed by atoms with Crippen molar-refractivity contribution in [2.45, 2.75) is 18.9 Å². The summed E-state index contributed by atoms with van der Waals surface area (Å²) in [5.74, 6) is 0.233. The number of hydrogen-bond donors (Lipinski definition) is 4. The number of amides is 4. The molecule has 1 unspecified atom stereocenters. The average Bonchev–Trinajstić information content (AvgIpc) is 3.26. The van der Waals surface area contributed by atoms with Crippen molar-refractivity contribution in [3.05, 3.63) is 47.5 Å². The van der Waals surface area contributed by atoms with Crippen molar-refractivity contribution in [2.75, 3.05) is 18.5 Å². The molecule has 4 amide bonds. The molecule has 1 saturated carbocycles. The number of aliphatic hydroxyl groups is 1. The lowest BCUT2D eigenvalue weighted by Crippen LogP contribution is -2.35. The number of carbonyl (C=O) groups is 3. The van der Waals surface area contributed by atoms with Gasteiger partial charge < -0.3 is 20.7 Å². The van der Waals surface area contributed by atoms with E-state index in [0.717, 1.165) is 12.8 Å². The van der Waals surface area contributed by atoms with E-state index in [2.05, 4.69) is 20.6 Å². The van der Waals surface area contributed by atoms with Gasteiger partial charge in [0, 0.05) is 24.6 Å². The van der Waals surface area contributed by atoms with Crippen molar-refractivity contribution >= 4 is 23.5 Å². The van der Waals surface area contributed by atoms with Gasteiger partial charge in [-0.05, 0) is 37.0 Å². The Morgan fingerprint density at radius 2 is 2.07 bits per heavy atom. The molecule has 0 radical (unpaired) electrons. The largest absolute Gasteiger partial charge is 0.394 e. The lowest BCUT2D eigenvalue weighted by Gasteiger charge is -2.15. The molecule has 9 nitrogen and oxygen atoms in total. The summed E-state index contributed by atoms with van der Waals surface area (Å²) < 4.78 is 0. The van der Waals surface area contributed by atoms with E-state index >= 15 is 0 Å². The highest BCUT2D eigenvalue weighted by Gasteiger charge is 2.38. The van der Waals surface area contributed by atoms with E-state index in [9.17, 15) is 19.5 Å². The van der Waals surface area contributed by atoms with Crippen LogP contribution in [0, 0.1) is 5.92 Å². The van der Waals surface area contributed by atoms with E-state index in [-0.39, 0.29) is 18.4 Å². The van der Waals surface area contributed by atoms with Crippen LogP contribution < -0.4 is 10.6 Å². The minimum absolute atomic E-state index is 0.281. The molecule has 1 atom stereocenters. The van der Waals surface area contributed by atoms with Crippen molar-refractivity contribution in [1.29, 1.82) is 0 Å². The highest BCUT2D eigenvalue weighted by molar-refractivity contribution is 6.21. The first-order valence-corrected chi connectivity index (χ1v) is 8.74. The number of nitrogens with one attached hydrogen (secondary N) is 3. The molecule has 0 bridgehead atoms. The second-order valence-corrected chi connectivity index (χ2v) is 6.73. The van der Waals surface area contributed by atoms with Crippen molar-refractivity contribution in [3.63, 3.8) is 0 Å². The quantitative estimate of drug-likeness (QED) is 0.570. The maximum atomic E-state index is 12.5. The number of imidazole rings is 1. The van der Waals surface area contributed by atoms with Crippen molar-refractivity contribution in [3.8, 4) is 0 Å². The number of imide groups is 1. The molecule has 4 rings (SSSR count). The number of aromatic amines is 1. The van der Waals surface area contributed by atoms with Gasteiger partial charge in [-0.15, -0.1) is 0 Å². The molecule has 2 aromatic rings. The highest BCUT2D eigenvalue weighted by Crippen LogP contribution is 2.33. The Hall–Kier alpha value is -3.20. The number of benzene rings is 1. The number of nitrogens with zero attached hydrogens (tertiary/aromatic N) is 2. The van der Waals surface area contributed by atoms with E-state index in [1.807, 2.05) is 0 Å². The monoisotopic (exact) mass is 369 g/mol. The normalized spacial score (nSPS) is 17.0. The molecular weight excluding hydrogens is 350 g/mol. The number of fused-ring (bicyclic) bond motifs is 1. The predicted octanol–water partition coefficient (Wildman–Crippen LogP) is 1.27. The Balaban J connectivity index is 1.45. The fraction of sp³-hybridized carbons (Fsp3) is 0.333. The van der Waals surface area contributed by atoms with Crippen molar-refractivity contribution < 1.29 is 19.5 Å². The molecule has 9 heteroatoms. The fourth-order valence-corrected chi connectivity index (χ4v) is 3.09. The SMILES string of the molecule is O=C(Nc1ccc2c(c1)C(=O)N(CC1CC1)C2=O)NC(CO)c1ncc[nH]1. The standard InChI is InChI=1S/C18H19N5O4/c24-9-14(15-19-5-6-20-15)22-18(27)21-11-3-4-12-13(7-11)17(26)23(16(12)25)8-10-1-2-10/h3-7,10,14,24H,1-2,8-9H2,(H,19,20)(H2,21,22,27). The number of aliphatic hydroxyl groups excluding tert-OH is 1. The average molecular weight is 369 g/mol. The molecule has 2 heterocycles. The Morgan fingerprint density at radius 3 is 2.74 bits per heavy atom. The van der Waals surface area contributed by atoms with Gasteiger partial charge in [-0.3, -0.25) is 14.5 Å². The summed E-state index contributed by atoms with van der Waals surface area (Å²) in [6, 6.07) is 3.38. The third-order valence-electron chi connectivity index (χ3n) is 4.70. The van der Waals surface area contributed by atoms with Crippen LogP contribution in [0.1, 0.15) is 45.4 Å². The Labute approximate surface area is 154 Å². The topological polar surface area (TPSA) is 127 Å². The van der Waals surface area contributed by atoms with Crippen LogP contribution in [0.3, 0.4) is 0 Å². The zero-order chi connectivity index (χ0) is 19.0. The van der Waals surface area contributed by atoms with E-state index in [1.54, 1.807) is 18.3 Å². The van der Waals surface area contributed by atoms with Gasteiger partial charge >= 0.3 is 6.03 Å². The molecule has 1 aromatic carbocycles. The summed E-state index contributed by atoms with van der Waals surface area (Å²) in [4.78, 5) is 45.2. The zero-order valence-corrected chi connectivity index (χ0v) is 14.4. The van der Waals surface area contributed by atoms with E-state index < -0.39 is 12.1 Å². The van der Waals surface area contributed by atoms with E-state index in [0.29, 0.717) is 35.1 Å². The lowest BCUT2D eigenvalue weighted by atomic mass is 10.1. The summed E-state index contributed by atoms with van der Waals surface area (Å²) in [5.41, 5.74) is 1.04. The first-order chi connectivity index (χ1) is 13.1. The summed E-state index contributed by atoms with van der Waals surface area (Å²) in [5, 5.41) is 14.6. The van der Waals surface area contributed by atoms with E-state index in [4.69, 9.17) is 0 Å². The van der Waals surface area contributed by atoms with E-state index in [1.165, 1.54) is 17.2 Å². The van der Waals surface area contributed by atoms with Crippen LogP contribution >= 0.6 is 0 Å². The van der Waals surface area contributed by atoms with Crippen LogP contribution in [0.15, 0.2) is 30.6 Å². The maximum Gasteiger partial charge on any atom is 0.319 e. The number of hydrogen-bond acceptors (Lipinski definition) is 5. The molecule has 1 aromatic heterocycles. The molecule has 1 fully saturated rings. The Bertz CT molecular complexity index is 891. The fourth-order valence-electron chi connectivity index (χ4n) is 3.09. The van der Waals surface area contributed by atoms with Crippen molar-refractivity contribution in [2.24, 2.45) is 5.92 Å². The number of anilines is 1. The summed E-state index contributed by atoms with van der Waals surface area (Å²) in [6.45, 7) is 0.130. The summed E-state index contributed by atoms with van der Waals surface area (Å²) in [6.07, 6.45) is 5.20. The lowest BCUT2D eigenvalue weighted by molar-refractivity contribution is 0.0647. The van der Waals surface area contributed by atoms with Gasteiger partial charge in [-0.2, -0.15) is 0 Å². The molecule has 1 aliphatic heterocycles. The Morgan fingerprint density at radius 1 is 1.30 bits per heavy atom.